The number of quaternary nitrogens is 1. The van der Waals surface area contributed by atoms with Crippen LogP contribution in [0.1, 0.15) is 89.9 Å². The maximum atomic E-state index is 12.2. The van der Waals surface area contributed by atoms with Crippen molar-refractivity contribution in [3.8, 4) is 0 Å². The summed E-state index contributed by atoms with van der Waals surface area (Å²) in [5.74, 6) is 0. The second kappa shape index (κ2) is 17.1. The molecule has 0 aliphatic carbocycles. The molecule has 2 unspecified atom stereocenters. The summed E-state index contributed by atoms with van der Waals surface area (Å²) in [6, 6.07) is 0.623. The van der Waals surface area contributed by atoms with E-state index in [2.05, 4.69) is 51.8 Å². The first kappa shape index (κ1) is 33.4. The normalized spacial score (nSPS) is 20.8. The molecule has 2 heterocycles. The molecule has 2 atom stereocenters. The van der Waals surface area contributed by atoms with Gasteiger partial charge in [0.05, 0.1) is 0 Å². The van der Waals surface area contributed by atoms with E-state index in [1.165, 1.54) is 12.8 Å². The van der Waals surface area contributed by atoms with Crippen molar-refractivity contribution in [2.45, 2.75) is 107 Å². The number of rotatable bonds is 22. The minimum Gasteiger partial charge on any atom is -0.371 e. The molecule has 2 aliphatic heterocycles. The lowest BCUT2D eigenvalue weighted by Crippen LogP contribution is -2.68. The molecular formula is C31H56N5O3+. The molecule has 8 heteroatoms. The molecule has 2 saturated heterocycles. The first-order valence-corrected chi connectivity index (χ1v) is 15.1. The molecule has 2 fully saturated rings. The van der Waals surface area contributed by atoms with Gasteiger partial charge in [-0.05, 0) is 97.1 Å². The summed E-state index contributed by atoms with van der Waals surface area (Å²) >= 11 is 0. The van der Waals surface area contributed by atoms with Crippen molar-refractivity contribution in [1.82, 2.24) is 21.0 Å². The molecule has 0 aromatic rings. The smallest absolute Gasteiger partial charge is 0.145 e. The van der Waals surface area contributed by atoms with E-state index in [9.17, 15) is 14.8 Å². The van der Waals surface area contributed by atoms with E-state index in [1.54, 1.807) is 14.1 Å². The molecule has 8 nitrogen and oxygen atoms in total. The molecule has 222 valence electrons. The summed E-state index contributed by atoms with van der Waals surface area (Å²) in [5.41, 5.74) is 3.18. The number of nitrogens with one attached hydrogen (secondary N) is 3. The minimum absolute atomic E-state index is 0.383. The Labute approximate surface area is 237 Å². The Hall–Kier alpha value is -1.84. The highest BCUT2D eigenvalue weighted by Gasteiger charge is 2.41. The number of nitrogens with zero attached hydrogens (tertiary/aromatic N) is 2. The van der Waals surface area contributed by atoms with Crippen LogP contribution >= 0.6 is 0 Å². The van der Waals surface area contributed by atoms with Gasteiger partial charge in [0.25, 0.3) is 0 Å². The number of aldehydes is 2. The van der Waals surface area contributed by atoms with Crippen LogP contribution in [0.3, 0.4) is 0 Å². The van der Waals surface area contributed by atoms with Gasteiger partial charge in [0.15, 0.2) is 0 Å². The van der Waals surface area contributed by atoms with Gasteiger partial charge in [-0.15, -0.1) is 10.2 Å². The van der Waals surface area contributed by atoms with Gasteiger partial charge in [0.2, 0.25) is 0 Å². The average Bonchev–Trinajstić information content (AvgIpc) is 3.39. The van der Waals surface area contributed by atoms with Gasteiger partial charge in [-0.25, -0.2) is 0 Å². The molecule has 0 radical (unpaired) electrons. The molecule has 0 bridgehead atoms. The lowest BCUT2D eigenvalue weighted by molar-refractivity contribution is -1.11. The monoisotopic (exact) mass is 546 g/mol. The predicted molar refractivity (Wildman–Crippen MR) is 159 cm³/mol. The minimum atomic E-state index is -0.718. The van der Waals surface area contributed by atoms with Gasteiger partial charge in [-0.3, -0.25) is 0 Å². The Bertz CT molecular complexity index is 795. The van der Waals surface area contributed by atoms with Crippen LogP contribution < -0.4 is 16.1 Å². The SMILES string of the molecule is C=C(CCCCC/C=C/CCCC(C=O)(CCC/C=C/CC1CCCN1)N[N+](C)(C)O)N1CC(C=O)(NC)C1. The highest BCUT2D eigenvalue weighted by Crippen LogP contribution is 2.25. The molecule has 2 aliphatic rings. The van der Waals surface area contributed by atoms with E-state index in [-0.39, 0.29) is 5.54 Å². The fraction of sp³-hybridized carbons (Fsp3) is 0.742. The Morgan fingerprint density at radius 3 is 2.23 bits per heavy atom. The third-order valence-corrected chi connectivity index (χ3v) is 8.08. The van der Waals surface area contributed by atoms with Crippen molar-refractivity contribution < 1.29 is 19.6 Å². The predicted octanol–water partition coefficient (Wildman–Crippen LogP) is 4.43. The first-order chi connectivity index (χ1) is 18.7. The van der Waals surface area contributed by atoms with Gasteiger partial charge >= 0.3 is 0 Å². The van der Waals surface area contributed by atoms with Gasteiger partial charge in [-0.2, -0.15) is 5.21 Å². The van der Waals surface area contributed by atoms with E-state index in [1.807, 2.05) is 7.05 Å². The van der Waals surface area contributed by atoms with Crippen LogP contribution in [0.5, 0.6) is 0 Å². The van der Waals surface area contributed by atoms with Crippen molar-refractivity contribution in [1.29, 1.82) is 0 Å². The van der Waals surface area contributed by atoms with Crippen LogP contribution in [-0.4, -0.2) is 85.3 Å². The number of allylic oxidation sites excluding steroid dienone is 4. The Morgan fingerprint density at radius 1 is 1.05 bits per heavy atom. The number of hydrogen-bond donors (Lipinski definition) is 4. The summed E-state index contributed by atoms with van der Waals surface area (Å²) in [6.07, 6.45) is 25.2. The number of hydrogen-bond acceptors (Lipinski definition) is 7. The molecule has 39 heavy (non-hydrogen) atoms. The number of carbonyl (C=O) groups excluding carboxylic acids is 2. The van der Waals surface area contributed by atoms with Crippen molar-refractivity contribution in [2.24, 2.45) is 0 Å². The fourth-order valence-corrected chi connectivity index (χ4v) is 5.64. The molecule has 2 rings (SSSR count). The summed E-state index contributed by atoms with van der Waals surface area (Å²) < 4.78 is -0.421. The van der Waals surface area contributed by atoms with E-state index in [0.717, 1.165) is 102 Å². The van der Waals surface area contributed by atoms with Crippen LogP contribution in [0.15, 0.2) is 36.6 Å². The second-order valence-electron chi connectivity index (χ2n) is 12.1. The van der Waals surface area contributed by atoms with E-state index in [0.29, 0.717) is 18.9 Å². The Morgan fingerprint density at radius 2 is 1.69 bits per heavy atom. The standard InChI is InChI=1S/C31H56N5O3/c1-28(35-24-31(25-35,27-38)32-2)18-13-9-7-5-6-8-11-15-21-30(26-37,34-36(3,4)39)22-16-12-10-14-19-29-20-17-23-33-29/h6,8,10,14,26-27,29,32-34,39H,1,5,7,9,11-13,15-25H2,2-4H3/q+1/b8-6+,14-10+. The van der Waals surface area contributed by atoms with Crippen molar-refractivity contribution in [2.75, 3.05) is 40.8 Å². The van der Waals surface area contributed by atoms with Crippen LogP contribution in [0.4, 0.5) is 0 Å². The number of likely N-dealkylation sites (tertiary alicyclic amines) is 1. The van der Waals surface area contributed by atoms with Crippen LogP contribution in [0, 0.1) is 0 Å². The van der Waals surface area contributed by atoms with Crippen LogP contribution in [-0.2, 0) is 9.59 Å². The summed E-state index contributed by atoms with van der Waals surface area (Å²) in [7, 11) is 5.13. The van der Waals surface area contributed by atoms with Crippen LogP contribution in [0.2, 0.25) is 0 Å². The highest BCUT2D eigenvalue weighted by atomic mass is 16.6. The van der Waals surface area contributed by atoms with Crippen molar-refractivity contribution in [3.05, 3.63) is 36.6 Å². The van der Waals surface area contributed by atoms with Crippen molar-refractivity contribution >= 4 is 12.6 Å². The van der Waals surface area contributed by atoms with E-state index >= 15 is 0 Å². The van der Waals surface area contributed by atoms with Gasteiger partial charge in [-0.1, -0.05) is 37.3 Å². The largest absolute Gasteiger partial charge is 0.371 e. The van der Waals surface area contributed by atoms with Crippen molar-refractivity contribution in [3.63, 3.8) is 0 Å². The second-order valence-corrected chi connectivity index (χ2v) is 12.1. The van der Waals surface area contributed by atoms with Gasteiger partial charge in [0.1, 0.15) is 37.7 Å². The van der Waals surface area contributed by atoms with Crippen LogP contribution in [0.25, 0.3) is 0 Å². The average molecular weight is 547 g/mol. The summed E-state index contributed by atoms with van der Waals surface area (Å²) in [5, 5.41) is 16.9. The quantitative estimate of drug-likeness (QED) is 0.0525. The molecule has 0 spiro atoms. The zero-order valence-electron chi connectivity index (χ0n) is 24.9. The molecule has 0 aromatic carbocycles. The fourth-order valence-electron chi connectivity index (χ4n) is 5.64. The Balaban J connectivity index is 1.59. The summed E-state index contributed by atoms with van der Waals surface area (Å²) in [4.78, 5) is 25.6. The molecule has 4 N–H and O–H groups in total. The Kier molecular flexibility index (Phi) is 14.6. The third kappa shape index (κ3) is 12.5. The molecule has 0 aromatic heterocycles. The zero-order valence-corrected chi connectivity index (χ0v) is 24.9. The number of unbranched alkanes of at least 4 members (excludes halogenated alkanes) is 5. The highest BCUT2D eigenvalue weighted by molar-refractivity contribution is 5.67. The molecule has 0 amide bonds. The maximum absolute atomic E-state index is 12.2. The molecule has 0 saturated carbocycles. The first-order valence-electron chi connectivity index (χ1n) is 15.1. The maximum Gasteiger partial charge on any atom is 0.145 e. The number of carbonyl (C=O) groups is 2. The van der Waals surface area contributed by atoms with E-state index < -0.39 is 10.3 Å². The topological polar surface area (TPSA) is 93.7 Å². The lowest BCUT2D eigenvalue weighted by atomic mass is 9.89. The number of hydroxylamine groups is 2. The van der Waals surface area contributed by atoms with Gasteiger partial charge < -0.3 is 25.1 Å². The van der Waals surface area contributed by atoms with E-state index in [4.69, 9.17) is 0 Å². The van der Waals surface area contributed by atoms with Gasteiger partial charge in [0, 0.05) is 24.8 Å². The zero-order chi connectivity index (χ0) is 28.6. The molecular weight excluding hydrogens is 490 g/mol. The summed E-state index contributed by atoms with van der Waals surface area (Å²) in [6.45, 7) is 6.77. The lowest BCUT2D eigenvalue weighted by Gasteiger charge is -2.48. The number of likely N-dealkylation sites (N-methyl/N-ethyl adjacent to an activating group) is 1. The third-order valence-electron chi connectivity index (χ3n) is 8.08.